The fraction of sp³-hybridized carbons (Fsp3) is 0.345. The Bertz CT molecular complexity index is 1680. The number of thioether (sulfide) groups is 1. The summed E-state index contributed by atoms with van der Waals surface area (Å²) < 4.78 is 10.0. The summed E-state index contributed by atoms with van der Waals surface area (Å²) >= 11 is 1.34. The van der Waals surface area contributed by atoms with Crippen molar-refractivity contribution in [2.24, 2.45) is 0 Å². The van der Waals surface area contributed by atoms with Crippen molar-refractivity contribution in [2.75, 3.05) is 29.6 Å². The highest BCUT2D eigenvalue weighted by molar-refractivity contribution is 7.99. The Morgan fingerprint density at radius 3 is 2.53 bits per heavy atom. The average molecular weight is 635 g/mol. The fourth-order valence-corrected chi connectivity index (χ4v) is 5.40. The molecular formula is C29H30N8O7S. The van der Waals surface area contributed by atoms with E-state index in [4.69, 9.17) is 9.47 Å². The van der Waals surface area contributed by atoms with Crippen LogP contribution >= 0.6 is 11.8 Å². The van der Waals surface area contributed by atoms with Crippen LogP contribution in [0.25, 0.3) is 22.5 Å². The number of nitrogens with zero attached hydrogens (tertiary/aromatic N) is 8. The molecule has 15 nitrogen and oxygen atoms in total. The lowest BCUT2D eigenvalue weighted by atomic mass is 9.98. The molecule has 0 spiro atoms. The van der Waals surface area contributed by atoms with Crippen LogP contribution < -0.4 is 4.90 Å². The van der Waals surface area contributed by atoms with Crippen LogP contribution in [0.1, 0.15) is 29.1 Å². The van der Waals surface area contributed by atoms with E-state index in [1.807, 2.05) is 62.4 Å². The van der Waals surface area contributed by atoms with Gasteiger partial charge in [0.2, 0.25) is 18.5 Å². The van der Waals surface area contributed by atoms with E-state index < -0.39 is 11.2 Å². The number of aryl methyl sites for hydroxylation is 2. The first-order valence-corrected chi connectivity index (χ1v) is 15.2. The van der Waals surface area contributed by atoms with Gasteiger partial charge in [0.05, 0.1) is 6.54 Å². The first kappa shape index (κ1) is 31.3. The van der Waals surface area contributed by atoms with Gasteiger partial charge in [0.15, 0.2) is 0 Å². The number of rotatable bonds is 13. The van der Waals surface area contributed by atoms with Gasteiger partial charge in [-0.2, -0.15) is 11.8 Å². The normalized spacial score (nSPS) is 12.5. The largest absolute Gasteiger partial charge is 0.510 e. The van der Waals surface area contributed by atoms with Gasteiger partial charge >= 0.3 is 6.16 Å². The Labute approximate surface area is 262 Å². The molecule has 0 saturated carbocycles. The standard InChI is InChI=1S/C29H30N8O7S/c1-19-23-11-12-26(38)35(28(23)31-20(2)30-19)17-21-7-9-22(10-8-21)24-5-3-4-6-25(24)27-32-34-36(33-27)18-43-29(39)42-13-15-45-16-14-44-37(40)41/h3-10H,11-18H2,1-2H3. The van der Waals surface area contributed by atoms with Crippen LogP contribution in [0, 0.1) is 24.0 Å². The van der Waals surface area contributed by atoms with E-state index in [-0.39, 0.29) is 25.9 Å². The van der Waals surface area contributed by atoms with E-state index in [1.54, 1.807) is 4.90 Å². The van der Waals surface area contributed by atoms with Gasteiger partial charge in [-0.15, -0.1) is 25.1 Å². The van der Waals surface area contributed by atoms with Crippen LogP contribution in [0.2, 0.25) is 0 Å². The molecule has 16 heteroatoms. The summed E-state index contributed by atoms with van der Waals surface area (Å²) in [6, 6.07) is 15.5. The Morgan fingerprint density at radius 1 is 1.00 bits per heavy atom. The number of aromatic nitrogens is 6. The number of fused-ring (bicyclic) bond motifs is 1. The first-order chi connectivity index (χ1) is 21.8. The van der Waals surface area contributed by atoms with Gasteiger partial charge in [-0.3, -0.25) is 9.69 Å². The van der Waals surface area contributed by atoms with Gasteiger partial charge in [-0.05, 0) is 42.2 Å². The maximum atomic E-state index is 12.9. The summed E-state index contributed by atoms with van der Waals surface area (Å²) in [7, 11) is 0. The Kier molecular flexibility index (Phi) is 10.1. The third kappa shape index (κ3) is 8.08. The second-order valence-electron chi connectivity index (χ2n) is 9.91. The molecule has 0 N–H and O–H groups in total. The fourth-order valence-electron chi connectivity index (χ4n) is 4.80. The maximum Gasteiger partial charge on any atom is 0.510 e. The maximum absolute atomic E-state index is 12.9. The van der Waals surface area contributed by atoms with Crippen molar-refractivity contribution in [3.8, 4) is 22.5 Å². The predicted octanol–water partition coefficient (Wildman–Crippen LogP) is 3.95. The quantitative estimate of drug-likeness (QED) is 0.0894. The number of carbonyl (C=O) groups is 2. The van der Waals surface area contributed by atoms with Crippen LogP contribution in [0.5, 0.6) is 0 Å². The van der Waals surface area contributed by atoms with Gasteiger partial charge in [0.25, 0.3) is 5.09 Å². The molecule has 0 radical (unpaired) electrons. The highest BCUT2D eigenvalue weighted by atomic mass is 32.2. The molecule has 0 unspecified atom stereocenters. The molecule has 0 atom stereocenters. The molecule has 0 aliphatic carbocycles. The van der Waals surface area contributed by atoms with Crippen LogP contribution in [0.4, 0.5) is 10.6 Å². The number of tetrazole rings is 1. The molecular weight excluding hydrogens is 604 g/mol. The highest BCUT2D eigenvalue weighted by Gasteiger charge is 2.27. The van der Waals surface area contributed by atoms with Gasteiger partial charge in [0.1, 0.15) is 24.9 Å². The molecule has 1 aliphatic rings. The summed E-state index contributed by atoms with van der Waals surface area (Å²) in [5, 5.41) is 21.7. The Morgan fingerprint density at radius 2 is 1.76 bits per heavy atom. The topological polar surface area (TPSA) is 178 Å². The van der Waals surface area contributed by atoms with Crippen molar-refractivity contribution in [1.29, 1.82) is 0 Å². The molecule has 0 bridgehead atoms. The molecule has 0 fully saturated rings. The van der Waals surface area contributed by atoms with Crippen molar-refractivity contribution < 1.29 is 29.0 Å². The summed E-state index contributed by atoms with van der Waals surface area (Å²) in [5.41, 5.74) is 5.42. The van der Waals surface area contributed by atoms with Gasteiger partial charge in [0, 0.05) is 34.7 Å². The first-order valence-electron chi connectivity index (χ1n) is 14.0. The number of ether oxygens (including phenoxy) is 2. The van der Waals surface area contributed by atoms with Crippen LogP contribution in [0.15, 0.2) is 48.5 Å². The molecule has 4 aromatic rings. The second kappa shape index (κ2) is 14.6. The molecule has 5 rings (SSSR count). The highest BCUT2D eigenvalue weighted by Crippen LogP contribution is 2.32. The van der Waals surface area contributed by atoms with E-state index in [2.05, 4.69) is 30.2 Å². The summed E-state index contributed by atoms with van der Waals surface area (Å²) in [5.74, 6) is 2.54. The zero-order chi connectivity index (χ0) is 31.8. The van der Waals surface area contributed by atoms with Crippen LogP contribution in [-0.2, 0) is 38.8 Å². The molecule has 0 saturated heterocycles. The smallest absolute Gasteiger partial charge is 0.433 e. The van der Waals surface area contributed by atoms with Crippen LogP contribution in [0.3, 0.4) is 0 Å². The molecule has 2 aromatic heterocycles. The Hall–Kier alpha value is -5.12. The van der Waals surface area contributed by atoms with Crippen molar-refractivity contribution in [3.63, 3.8) is 0 Å². The number of hydrogen-bond acceptors (Lipinski definition) is 13. The minimum absolute atomic E-state index is 0.0388. The minimum atomic E-state index is -0.899. The molecule has 2 aromatic carbocycles. The van der Waals surface area contributed by atoms with E-state index in [0.29, 0.717) is 48.4 Å². The second-order valence-corrected chi connectivity index (χ2v) is 11.1. The van der Waals surface area contributed by atoms with Crippen molar-refractivity contribution in [2.45, 2.75) is 40.0 Å². The third-order valence-electron chi connectivity index (χ3n) is 6.85. The average Bonchev–Trinajstić information content (AvgIpc) is 3.50. The number of carbonyl (C=O) groups excluding carboxylic acids is 2. The monoisotopic (exact) mass is 634 g/mol. The lowest BCUT2D eigenvalue weighted by molar-refractivity contribution is -0.756. The van der Waals surface area contributed by atoms with E-state index in [1.165, 1.54) is 11.8 Å². The summed E-state index contributed by atoms with van der Waals surface area (Å²) in [4.78, 5) is 51.0. The summed E-state index contributed by atoms with van der Waals surface area (Å²) in [6.45, 7) is 3.92. The van der Waals surface area contributed by atoms with E-state index >= 15 is 0 Å². The van der Waals surface area contributed by atoms with E-state index in [9.17, 15) is 19.7 Å². The van der Waals surface area contributed by atoms with Crippen molar-refractivity contribution >= 4 is 29.6 Å². The number of amides is 1. The lowest BCUT2D eigenvalue weighted by Gasteiger charge is -2.29. The van der Waals surface area contributed by atoms with Gasteiger partial charge in [-0.1, -0.05) is 48.5 Å². The molecule has 45 heavy (non-hydrogen) atoms. The van der Waals surface area contributed by atoms with Gasteiger partial charge in [-0.25, -0.2) is 14.8 Å². The van der Waals surface area contributed by atoms with E-state index in [0.717, 1.165) is 38.3 Å². The van der Waals surface area contributed by atoms with Crippen molar-refractivity contribution in [1.82, 2.24) is 30.2 Å². The predicted molar refractivity (Wildman–Crippen MR) is 162 cm³/mol. The third-order valence-corrected chi connectivity index (χ3v) is 7.76. The van der Waals surface area contributed by atoms with Crippen molar-refractivity contribution in [3.05, 3.63) is 81.3 Å². The van der Waals surface area contributed by atoms with Crippen LogP contribution in [-0.4, -0.2) is 72.0 Å². The molecule has 1 amide bonds. The number of hydrogen-bond donors (Lipinski definition) is 0. The minimum Gasteiger partial charge on any atom is -0.433 e. The zero-order valence-corrected chi connectivity index (χ0v) is 25.4. The summed E-state index contributed by atoms with van der Waals surface area (Å²) in [6.07, 6.45) is 0.175. The Balaban J connectivity index is 1.19. The molecule has 1 aliphatic heterocycles. The van der Waals surface area contributed by atoms with Gasteiger partial charge < -0.3 is 14.3 Å². The molecule has 234 valence electrons. The number of anilines is 1. The number of benzene rings is 2. The lowest BCUT2D eigenvalue weighted by Crippen LogP contribution is -2.36. The molecule has 3 heterocycles. The SMILES string of the molecule is Cc1nc(C)c2c(n1)N(Cc1ccc(-c3ccccc3-c3nnn(COC(=O)OCCSCCO[N+](=O)[O-])n3)cc1)C(=O)CC2. The zero-order valence-electron chi connectivity index (χ0n) is 24.6.